The van der Waals surface area contributed by atoms with Gasteiger partial charge in [-0.3, -0.25) is 13.9 Å². The summed E-state index contributed by atoms with van der Waals surface area (Å²) in [6.07, 6.45) is 3.38. The molecule has 0 saturated heterocycles. The van der Waals surface area contributed by atoms with Gasteiger partial charge in [-0.05, 0) is 23.8 Å². The van der Waals surface area contributed by atoms with E-state index in [4.69, 9.17) is 5.73 Å². The lowest BCUT2D eigenvalue weighted by atomic mass is 10.1. The molecule has 3 aromatic rings. The average Bonchev–Trinajstić information content (AvgIpc) is 2.71. The first-order valence-electron chi connectivity index (χ1n) is 8.56. The molecule has 0 amide bonds. The van der Waals surface area contributed by atoms with Crippen molar-refractivity contribution in [1.82, 2.24) is 9.13 Å². The Morgan fingerprint density at radius 1 is 1.00 bits per heavy atom. The van der Waals surface area contributed by atoms with E-state index in [2.05, 4.69) is 4.99 Å². The van der Waals surface area contributed by atoms with Crippen molar-refractivity contribution in [3.63, 3.8) is 0 Å². The van der Waals surface area contributed by atoms with Crippen LogP contribution in [0.5, 0.6) is 5.88 Å². The van der Waals surface area contributed by atoms with Crippen molar-refractivity contribution in [3.05, 3.63) is 92.6 Å². The summed E-state index contributed by atoms with van der Waals surface area (Å²) in [6, 6.07) is 16.4. The summed E-state index contributed by atoms with van der Waals surface area (Å²) in [5, 5.41) is 10.5. The van der Waals surface area contributed by atoms with Gasteiger partial charge in [0.05, 0.1) is 17.1 Å². The van der Waals surface area contributed by atoms with Crippen molar-refractivity contribution in [2.24, 2.45) is 19.1 Å². The number of aliphatic imine (C=N–C) groups is 1. The second-order valence-corrected chi connectivity index (χ2v) is 6.20. The van der Waals surface area contributed by atoms with Crippen LogP contribution < -0.4 is 17.0 Å². The standard InChI is InChI=1S/C21H20N4O3/c1-24-19(26)18(20(27)25(2)21(24)28)17(13-12-14-8-4-3-5-9-14)23-16-11-7-6-10-15(16)22/h3-13,26H,22H2,1-2H3/b13-12+,23-17?. The van der Waals surface area contributed by atoms with Gasteiger partial charge in [-0.1, -0.05) is 48.5 Å². The highest BCUT2D eigenvalue weighted by atomic mass is 16.3. The minimum Gasteiger partial charge on any atom is -0.494 e. The Labute approximate surface area is 161 Å². The number of aromatic hydroxyl groups is 1. The molecule has 0 radical (unpaired) electrons. The van der Waals surface area contributed by atoms with E-state index >= 15 is 0 Å². The zero-order valence-electron chi connectivity index (χ0n) is 15.5. The van der Waals surface area contributed by atoms with Crippen LogP contribution in [0.15, 0.2) is 75.3 Å². The first-order chi connectivity index (χ1) is 13.4. The van der Waals surface area contributed by atoms with Crippen LogP contribution in [0, 0.1) is 0 Å². The maximum atomic E-state index is 12.7. The average molecular weight is 376 g/mol. The lowest BCUT2D eigenvalue weighted by Crippen LogP contribution is -2.39. The Kier molecular flexibility index (Phi) is 5.26. The molecule has 7 nitrogen and oxygen atoms in total. The maximum Gasteiger partial charge on any atom is 0.333 e. The molecule has 3 rings (SSSR count). The molecule has 0 spiro atoms. The first kappa shape index (κ1) is 18.9. The number of nitrogen functional groups attached to an aromatic ring is 1. The lowest BCUT2D eigenvalue weighted by Gasteiger charge is -2.11. The number of nitrogens with zero attached hydrogens (tertiary/aromatic N) is 3. The number of hydrogen-bond donors (Lipinski definition) is 2. The van der Waals surface area contributed by atoms with Crippen molar-refractivity contribution >= 4 is 23.2 Å². The summed E-state index contributed by atoms with van der Waals surface area (Å²) in [5.74, 6) is -0.459. The molecule has 1 aromatic heterocycles. The highest BCUT2D eigenvalue weighted by Crippen LogP contribution is 2.23. The first-order valence-corrected chi connectivity index (χ1v) is 8.56. The summed E-state index contributed by atoms with van der Waals surface area (Å²) >= 11 is 0. The Hall–Kier alpha value is -3.87. The number of para-hydroxylation sites is 2. The molecule has 2 aromatic carbocycles. The number of aromatic nitrogens is 2. The molecule has 0 atom stereocenters. The smallest absolute Gasteiger partial charge is 0.333 e. The quantitative estimate of drug-likeness (QED) is 0.538. The normalized spacial score (nSPS) is 11.9. The van der Waals surface area contributed by atoms with Gasteiger partial charge in [0.15, 0.2) is 0 Å². The molecule has 0 bridgehead atoms. The molecule has 7 heteroatoms. The molecule has 0 aliphatic rings. The van der Waals surface area contributed by atoms with Crippen LogP contribution >= 0.6 is 0 Å². The predicted molar refractivity (Wildman–Crippen MR) is 111 cm³/mol. The van der Waals surface area contributed by atoms with Crippen LogP contribution in [0.3, 0.4) is 0 Å². The van der Waals surface area contributed by atoms with E-state index in [0.717, 1.165) is 14.7 Å². The van der Waals surface area contributed by atoms with E-state index < -0.39 is 17.1 Å². The summed E-state index contributed by atoms with van der Waals surface area (Å²) in [5.41, 5.74) is 6.58. The van der Waals surface area contributed by atoms with Gasteiger partial charge in [0.25, 0.3) is 5.56 Å². The third-order valence-electron chi connectivity index (χ3n) is 4.30. The van der Waals surface area contributed by atoms with E-state index in [1.807, 2.05) is 30.3 Å². The predicted octanol–water partition coefficient (Wildman–Crippen LogP) is 2.21. The second-order valence-electron chi connectivity index (χ2n) is 6.20. The summed E-state index contributed by atoms with van der Waals surface area (Å²) in [7, 11) is 2.74. The SMILES string of the molecule is Cn1c(O)c(C(/C=C/c2ccccc2)=Nc2ccccc2N)c(=O)n(C)c1=O. The van der Waals surface area contributed by atoms with E-state index in [1.54, 1.807) is 36.4 Å². The van der Waals surface area contributed by atoms with Gasteiger partial charge in [0, 0.05) is 14.1 Å². The number of allylic oxidation sites excluding steroid dienone is 1. The fourth-order valence-electron chi connectivity index (χ4n) is 2.69. The van der Waals surface area contributed by atoms with Gasteiger partial charge in [0.1, 0.15) is 5.56 Å². The van der Waals surface area contributed by atoms with Crippen molar-refractivity contribution in [3.8, 4) is 5.88 Å². The van der Waals surface area contributed by atoms with Crippen LogP contribution in [-0.4, -0.2) is 20.0 Å². The largest absolute Gasteiger partial charge is 0.494 e. The molecule has 0 unspecified atom stereocenters. The lowest BCUT2D eigenvalue weighted by molar-refractivity contribution is 0.410. The number of benzene rings is 2. The molecular weight excluding hydrogens is 356 g/mol. The summed E-state index contributed by atoms with van der Waals surface area (Å²) < 4.78 is 1.92. The van der Waals surface area contributed by atoms with Gasteiger partial charge in [-0.25, -0.2) is 9.79 Å². The zero-order chi connectivity index (χ0) is 20.3. The van der Waals surface area contributed by atoms with Crippen LogP contribution in [-0.2, 0) is 14.1 Å². The van der Waals surface area contributed by atoms with E-state index in [-0.39, 0.29) is 11.3 Å². The minimum atomic E-state index is -0.647. The van der Waals surface area contributed by atoms with E-state index in [1.165, 1.54) is 14.1 Å². The number of nitrogens with two attached hydrogens (primary N) is 1. The third kappa shape index (κ3) is 3.64. The molecule has 0 aliphatic carbocycles. The number of rotatable bonds is 4. The van der Waals surface area contributed by atoms with Crippen molar-refractivity contribution < 1.29 is 5.11 Å². The van der Waals surface area contributed by atoms with Crippen LogP contribution in [0.2, 0.25) is 0 Å². The monoisotopic (exact) mass is 376 g/mol. The Bertz CT molecular complexity index is 1190. The highest BCUT2D eigenvalue weighted by Gasteiger charge is 2.19. The van der Waals surface area contributed by atoms with E-state index in [9.17, 15) is 14.7 Å². The zero-order valence-corrected chi connectivity index (χ0v) is 15.5. The third-order valence-corrected chi connectivity index (χ3v) is 4.30. The molecular formula is C21H20N4O3. The molecule has 28 heavy (non-hydrogen) atoms. The molecule has 0 aliphatic heterocycles. The van der Waals surface area contributed by atoms with Crippen molar-refractivity contribution in [2.45, 2.75) is 0 Å². The Morgan fingerprint density at radius 2 is 1.64 bits per heavy atom. The molecule has 1 heterocycles. The van der Waals surface area contributed by atoms with Gasteiger partial charge in [0.2, 0.25) is 5.88 Å². The summed E-state index contributed by atoms with van der Waals surface area (Å²) in [6.45, 7) is 0. The molecule has 3 N–H and O–H groups in total. The number of anilines is 1. The molecule has 0 saturated carbocycles. The van der Waals surface area contributed by atoms with Gasteiger partial charge in [-0.15, -0.1) is 0 Å². The van der Waals surface area contributed by atoms with Crippen LogP contribution in [0.1, 0.15) is 11.1 Å². The highest BCUT2D eigenvalue weighted by molar-refractivity contribution is 6.13. The fraction of sp³-hybridized carbons (Fsp3) is 0.0952. The minimum absolute atomic E-state index is 0.0833. The Balaban J connectivity index is 2.27. The topological polar surface area (TPSA) is 103 Å². The number of hydrogen-bond acceptors (Lipinski definition) is 5. The molecule has 0 fully saturated rings. The van der Waals surface area contributed by atoms with Gasteiger partial charge in [-0.2, -0.15) is 0 Å². The molecule has 142 valence electrons. The van der Waals surface area contributed by atoms with Crippen LogP contribution in [0.4, 0.5) is 11.4 Å². The van der Waals surface area contributed by atoms with Gasteiger partial charge < -0.3 is 10.8 Å². The second kappa shape index (κ2) is 7.79. The van der Waals surface area contributed by atoms with Crippen LogP contribution in [0.25, 0.3) is 6.08 Å². The maximum absolute atomic E-state index is 12.7. The summed E-state index contributed by atoms with van der Waals surface area (Å²) in [4.78, 5) is 29.3. The van der Waals surface area contributed by atoms with Crippen molar-refractivity contribution in [1.29, 1.82) is 0 Å². The van der Waals surface area contributed by atoms with Gasteiger partial charge >= 0.3 is 5.69 Å². The Morgan fingerprint density at radius 3 is 2.32 bits per heavy atom. The fourth-order valence-corrected chi connectivity index (χ4v) is 2.69. The van der Waals surface area contributed by atoms with E-state index in [0.29, 0.717) is 11.4 Å². The van der Waals surface area contributed by atoms with Crippen molar-refractivity contribution in [2.75, 3.05) is 5.73 Å².